The maximum absolute atomic E-state index is 11.5. The monoisotopic (exact) mass is 416 g/mol. The highest BCUT2D eigenvalue weighted by Crippen LogP contribution is 2.22. The van der Waals surface area contributed by atoms with Crippen LogP contribution in [0.4, 0.5) is 5.69 Å². The summed E-state index contributed by atoms with van der Waals surface area (Å²) in [7, 11) is 0. The van der Waals surface area contributed by atoms with Gasteiger partial charge in [-0.1, -0.05) is 12.1 Å². The largest absolute Gasteiger partial charge is 0.378 e. The normalized spacial score (nSPS) is 18.7. The molecule has 0 aliphatic carbocycles. The molecular weight excluding hydrogens is 395 g/mol. The molecule has 2 aliphatic heterocycles. The van der Waals surface area contributed by atoms with Gasteiger partial charge in [-0.05, 0) is 17.7 Å². The molecule has 1 aromatic carbocycles. The van der Waals surface area contributed by atoms with Gasteiger partial charge in [0, 0.05) is 31.7 Å². The third-order valence-corrected chi connectivity index (χ3v) is 3.83. The number of carbonyl (C=O) groups is 1. The molecule has 0 saturated carbocycles. The average molecular weight is 416 g/mol. The van der Waals surface area contributed by atoms with E-state index in [4.69, 9.17) is 10.5 Å². The molecule has 1 amide bonds. The molecule has 2 heterocycles. The fourth-order valence-electron chi connectivity index (χ4n) is 2.48. The molecule has 0 atom stereocenters. The van der Waals surface area contributed by atoms with Crippen molar-refractivity contribution in [2.24, 2.45) is 10.7 Å². The second-order valence-electron chi connectivity index (χ2n) is 5.24. The minimum absolute atomic E-state index is 0. The number of aliphatic imine (C=N–C) groups is 1. The Kier molecular flexibility index (Phi) is 6.01. The standard InChI is InChI=1S/C15H20N4O2.HI/c16-15(18-6-8-21-9-7-18)17-11-12-2-1-3-13(10-12)19-5-4-14(19)20;/h1-3,10H,4-9,11H2,(H2,16,17);1H. The predicted molar refractivity (Wildman–Crippen MR) is 96.5 cm³/mol. The highest BCUT2D eigenvalue weighted by atomic mass is 127. The summed E-state index contributed by atoms with van der Waals surface area (Å²) in [5.41, 5.74) is 8.02. The summed E-state index contributed by atoms with van der Waals surface area (Å²) in [5, 5.41) is 0. The van der Waals surface area contributed by atoms with E-state index in [0.717, 1.165) is 30.9 Å². The van der Waals surface area contributed by atoms with Gasteiger partial charge in [0.2, 0.25) is 5.91 Å². The molecule has 120 valence electrons. The number of hydrogen-bond donors (Lipinski definition) is 1. The number of rotatable bonds is 3. The van der Waals surface area contributed by atoms with Crippen LogP contribution in [0.1, 0.15) is 12.0 Å². The van der Waals surface area contributed by atoms with Crippen molar-refractivity contribution < 1.29 is 9.53 Å². The Bertz CT molecular complexity index is 558. The Balaban J connectivity index is 0.00000176. The van der Waals surface area contributed by atoms with Gasteiger partial charge in [-0.25, -0.2) is 4.99 Å². The van der Waals surface area contributed by atoms with E-state index in [1.165, 1.54) is 0 Å². The van der Waals surface area contributed by atoms with Crippen LogP contribution in [0.25, 0.3) is 0 Å². The molecule has 2 fully saturated rings. The van der Waals surface area contributed by atoms with Crippen molar-refractivity contribution in [3.8, 4) is 0 Å². The summed E-state index contributed by atoms with van der Waals surface area (Å²) in [6.07, 6.45) is 0.645. The third kappa shape index (κ3) is 3.89. The van der Waals surface area contributed by atoms with Gasteiger partial charge >= 0.3 is 0 Å². The van der Waals surface area contributed by atoms with Crippen LogP contribution in [0.15, 0.2) is 29.3 Å². The number of benzene rings is 1. The third-order valence-electron chi connectivity index (χ3n) is 3.83. The quantitative estimate of drug-likeness (QED) is 0.348. The van der Waals surface area contributed by atoms with E-state index in [1.54, 1.807) is 4.90 Å². The summed E-state index contributed by atoms with van der Waals surface area (Å²) in [6.45, 7) is 4.31. The average Bonchev–Trinajstić information content (AvgIpc) is 2.52. The number of hydrogen-bond acceptors (Lipinski definition) is 3. The zero-order chi connectivity index (χ0) is 14.7. The molecule has 0 unspecified atom stereocenters. The number of anilines is 1. The van der Waals surface area contributed by atoms with Crippen LogP contribution in [-0.4, -0.2) is 49.6 Å². The van der Waals surface area contributed by atoms with Crippen LogP contribution >= 0.6 is 24.0 Å². The lowest BCUT2D eigenvalue weighted by Crippen LogP contribution is -2.44. The molecule has 2 saturated heterocycles. The van der Waals surface area contributed by atoms with E-state index in [-0.39, 0.29) is 29.9 Å². The fraction of sp³-hybridized carbons (Fsp3) is 0.467. The van der Waals surface area contributed by atoms with E-state index in [9.17, 15) is 4.79 Å². The van der Waals surface area contributed by atoms with E-state index in [0.29, 0.717) is 32.1 Å². The Hall–Kier alpha value is -1.35. The molecule has 1 aromatic rings. The van der Waals surface area contributed by atoms with Gasteiger partial charge in [-0.15, -0.1) is 24.0 Å². The number of halogens is 1. The first-order valence-electron chi connectivity index (χ1n) is 7.26. The summed E-state index contributed by atoms with van der Waals surface area (Å²) < 4.78 is 5.29. The fourth-order valence-corrected chi connectivity index (χ4v) is 2.48. The molecule has 2 N–H and O–H groups in total. The predicted octanol–water partition coefficient (Wildman–Crippen LogP) is 1.19. The number of nitrogens with two attached hydrogens (primary N) is 1. The summed E-state index contributed by atoms with van der Waals surface area (Å²) in [5.74, 6) is 0.743. The van der Waals surface area contributed by atoms with Gasteiger partial charge in [0.05, 0.1) is 19.8 Å². The highest BCUT2D eigenvalue weighted by Gasteiger charge is 2.25. The second kappa shape index (κ2) is 7.77. The zero-order valence-electron chi connectivity index (χ0n) is 12.4. The van der Waals surface area contributed by atoms with Gasteiger partial charge in [0.15, 0.2) is 5.96 Å². The molecule has 0 aromatic heterocycles. The number of morpholine rings is 1. The lowest BCUT2D eigenvalue weighted by Gasteiger charge is -2.31. The lowest BCUT2D eigenvalue weighted by atomic mass is 10.1. The van der Waals surface area contributed by atoms with Crippen molar-refractivity contribution in [3.05, 3.63) is 29.8 Å². The first-order chi connectivity index (χ1) is 10.2. The summed E-state index contributed by atoms with van der Waals surface area (Å²) >= 11 is 0. The molecule has 0 radical (unpaired) electrons. The minimum atomic E-state index is 0. The number of guanidine groups is 1. The Morgan fingerprint density at radius 3 is 2.68 bits per heavy atom. The zero-order valence-corrected chi connectivity index (χ0v) is 14.7. The molecule has 6 nitrogen and oxygen atoms in total. The van der Waals surface area contributed by atoms with Crippen LogP contribution in [0.3, 0.4) is 0 Å². The Morgan fingerprint density at radius 2 is 2.05 bits per heavy atom. The van der Waals surface area contributed by atoms with Gasteiger partial charge in [0.1, 0.15) is 0 Å². The first kappa shape index (κ1) is 17.0. The first-order valence-corrected chi connectivity index (χ1v) is 7.26. The maximum atomic E-state index is 11.5. The van der Waals surface area contributed by atoms with Crippen LogP contribution in [-0.2, 0) is 16.1 Å². The number of nitrogens with zero attached hydrogens (tertiary/aromatic N) is 3. The van der Waals surface area contributed by atoms with Crippen LogP contribution in [0.2, 0.25) is 0 Å². The van der Waals surface area contributed by atoms with E-state index < -0.39 is 0 Å². The summed E-state index contributed by atoms with van der Waals surface area (Å²) in [4.78, 5) is 19.7. The Morgan fingerprint density at radius 1 is 1.27 bits per heavy atom. The van der Waals surface area contributed by atoms with Crippen LogP contribution in [0.5, 0.6) is 0 Å². The van der Waals surface area contributed by atoms with Gasteiger partial charge in [-0.2, -0.15) is 0 Å². The van der Waals surface area contributed by atoms with Gasteiger partial charge in [0.25, 0.3) is 0 Å². The Labute approximate surface area is 147 Å². The molecular formula is C15H21IN4O2. The SMILES string of the molecule is I.NC(=NCc1cccc(N2CCC2=O)c1)N1CCOCC1. The van der Waals surface area contributed by atoms with Crippen molar-refractivity contribution >= 4 is 41.5 Å². The van der Waals surface area contributed by atoms with Gasteiger partial charge in [-0.3, -0.25) is 4.79 Å². The number of β-lactam (4-membered cyclic amide) rings is 1. The second-order valence-corrected chi connectivity index (χ2v) is 5.24. The number of carbonyl (C=O) groups excluding carboxylic acids is 1. The smallest absolute Gasteiger partial charge is 0.228 e. The molecule has 22 heavy (non-hydrogen) atoms. The summed E-state index contributed by atoms with van der Waals surface area (Å²) in [6, 6.07) is 7.92. The van der Waals surface area contributed by atoms with Crippen molar-refractivity contribution in [2.75, 3.05) is 37.7 Å². The molecule has 7 heteroatoms. The molecule has 2 aliphatic rings. The van der Waals surface area contributed by atoms with Crippen molar-refractivity contribution in [3.63, 3.8) is 0 Å². The van der Waals surface area contributed by atoms with E-state index in [1.807, 2.05) is 29.2 Å². The topological polar surface area (TPSA) is 71.2 Å². The number of ether oxygens (including phenoxy) is 1. The van der Waals surface area contributed by atoms with Crippen molar-refractivity contribution in [2.45, 2.75) is 13.0 Å². The highest BCUT2D eigenvalue weighted by molar-refractivity contribution is 14.0. The molecule has 3 rings (SSSR count). The van der Waals surface area contributed by atoms with Crippen molar-refractivity contribution in [1.29, 1.82) is 0 Å². The maximum Gasteiger partial charge on any atom is 0.228 e. The lowest BCUT2D eigenvalue weighted by molar-refractivity contribution is -0.122. The molecule has 0 spiro atoms. The minimum Gasteiger partial charge on any atom is -0.378 e. The van der Waals surface area contributed by atoms with Crippen LogP contribution in [0, 0.1) is 0 Å². The number of amides is 1. The molecule has 0 bridgehead atoms. The van der Waals surface area contributed by atoms with Crippen LogP contribution < -0.4 is 10.6 Å². The van der Waals surface area contributed by atoms with Crippen molar-refractivity contribution in [1.82, 2.24) is 4.90 Å². The van der Waals surface area contributed by atoms with Gasteiger partial charge < -0.3 is 20.3 Å². The van der Waals surface area contributed by atoms with E-state index >= 15 is 0 Å². The van der Waals surface area contributed by atoms with E-state index in [2.05, 4.69) is 4.99 Å².